The minimum absolute atomic E-state index is 0.157. The number of ether oxygens (including phenoxy) is 2. The van der Waals surface area contributed by atoms with E-state index in [-0.39, 0.29) is 12.2 Å². The second kappa shape index (κ2) is 13.2. The average Bonchev–Trinajstić information content (AvgIpc) is 2.64. The van der Waals surface area contributed by atoms with Crippen molar-refractivity contribution in [1.82, 2.24) is 0 Å². The minimum Gasteiger partial charge on any atom is -0.453 e. The second-order valence-electron chi connectivity index (χ2n) is 7.51. The molecule has 0 saturated heterocycles. The smallest absolute Gasteiger partial charge is 0.417 e. The summed E-state index contributed by atoms with van der Waals surface area (Å²) in [5.74, 6) is -0.367. The second-order valence-corrected chi connectivity index (χ2v) is 7.51. The molecule has 4 unspecified atom stereocenters. The first kappa shape index (κ1) is 24.9. The van der Waals surface area contributed by atoms with E-state index in [1.807, 2.05) is 27.7 Å². The van der Waals surface area contributed by atoms with E-state index < -0.39 is 11.9 Å². The van der Waals surface area contributed by atoms with E-state index in [9.17, 15) is 9.59 Å². The summed E-state index contributed by atoms with van der Waals surface area (Å²) in [5, 5.41) is 0. The van der Waals surface area contributed by atoms with Crippen LogP contribution in [0.2, 0.25) is 0 Å². The number of carbonyl (C=O) groups excluding carboxylic acids is 2. The highest BCUT2D eigenvalue weighted by Crippen LogP contribution is 2.33. The molecule has 154 valence electrons. The van der Waals surface area contributed by atoms with Gasteiger partial charge in [0.25, 0.3) is 0 Å². The molecule has 0 aliphatic heterocycles. The van der Waals surface area contributed by atoms with Crippen molar-refractivity contribution < 1.29 is 19.1 Å². The molecular weight excluding hydrogens is 328 g/mol. The van der Waals surface area contributed by atoms with Crippen LogP contribution >= 0.6 is 0 Å². The van der Waals surface area contributed by atoms with Gasteiger partial charge in [0.2, 0.25) is 0 Å². The molecule has 4 nitrogen and oxygen atoms in total. The Bertz CT molecular complexity index is 349. The molecule has 0 aromatic carbocycles. The highest BCUT2D eigenvalue weighted by molar-refractivity contribution is 6.29. The zero-order valence-electron chi connectivity index (χ0n) is 18.3. The van der Waals surface area contributed by atoms with Crippen LogP contribution in [0.25, 0.3) is 0 Å². The molecule has 2 aliphatic carbocycles. The van der Waals surface area contributed by atoms with Crippen molar-refractivity contribution in [3.05, 3.63) is 0 Å². The maximum atomic E-state index is 12.1. The van der Waals surface area contributed by atoms with Gasteiger partial charge < -0.3 is 9.47 Å². The lowest BCUT2D eigenvalue weighted by atomic mass is 9.80. The molecule has 0 N–H and O–H groups in total. The molecule has 4 heteroatoms. The SMILES string of the molecule is CC.CC.CC1CCCC(C)C1OC(=O)C(=O)OC1C(C)CCCC1C. The molecule has 0 radical (unpaired) electrons. The Morgan fingerprint density at radius 3 is 1.04 bits per heavy atom. The van der Waals surface area contributed by atoms with Crippen LogP contribution in [0.4, 0.5) is 0 Å². The number of rotatable bonds is 2. The van der Waals surface area contributed by atoms with Gasteiger partial charge in [0.05, 0.1) is 0 Å². The van der Waals surface area contributed by atoms with Gasteiger partial charge in [0.1, 0.15) is 12.2 Å². The molecule has 0 aromatic heterocycles. The van der Waals surface area contributed by atoms with Crippen molar-refractivity contribution in [2.45, 2.75) is 106 Å². The summed E-state index contributed by atoms with van der Waals surface area (Å²) in [6, 6.07) is 0. The van der Waals surface area contributed by atoms with Gasteiger partial charge in [-0.05, 0) is 49.4 Å². The standard InChI is InChI=1S/C18H30O4.2C2H6/c1-11-7-5-8-12(2)15(11)21-17(19)18(20)22-16-13(3)9-6-10-14(16)4;2*1-2/h11-16H,5-10H2,1-4H3;2*1-2H3. The Hall–Kier alpha value is -1.06. The third-order valence-electron chi connectivity index (χ3n) is 5.53. The van der Waals surface area contributed by atoms with Gasteiger partial charge in [-0.2, -0.15) is 0 Å². The van der Waals surface area contributed by atoms with Gasteiger partial charge in [-0.25, -0.2) is 9.59 Å². The Morgan fingerprint density at radius 2 is 0.808 bits per heavy atom. The molecule has 0 heterocycles. The van der Waals surface area contributed by atoms with Gasteiger partial charge in [-0.3, -0.25) is 0 Å². The lowest BCUT2D eigenvalue weighted by Gasteiger charge is -2.35. The van der Waals surface area contributed by atoms with Crippen LogP contribution in [0, 0.1) is 23.7 Å². The summed E-state index contributed by atoms with van der Waals surface area (Å²) in [4.78, 5) is 24.2. The number of hydrogen-bond donors (Lipinski definition) is 0. The molecule has 0 amide bonds. The largest absolute Gasteiger partial charge is 0.453 e. The molecule has 2 rings (SSSR count). The van der Waals surface area contributed by atoms with E-state index in [4.69, 9.17) is 9.47 Å². The minimum atomic E-state index is -0.810. The average molecular weight is 371 g/mol. The van der Waals surface area contributed by atoms with Crippen LogP contribution in [0.15, 0.2) is 0 Å². The van der Waals surface area contributed by atoms with Crippen LogP contribution in [0.3, 0.4) is 0 Å². The summed E-state index contributed by atoms with van der Waals surface area (Å²) < 4.78 is 11.0. The fraction of sp³-hybridized carbons (Fsp3) is 0.909. The highest BCUT2D eigenvalue weighted by atomic mass is 16.6. The molecular formula is C22H42O4. The van der Waals surface area contributed by atoms with Crippen molar-refractivity contribution in [1.29, 1.82) is 0 Å². The quantitative estimate of drug-likeness (QED) is 0.457. The molecule has 4 atom stereocenters. The van der Waals surface area contributed by atoms with E-state index in [0.717, 1.165) is 38.5 Å². The zero-order chi connectivity index (χ0) is 20.3. The molecule has 2 aliphatic rings. The van der Waals surface area contributed by atoms with Crippen molar-refractivity contribution >= 4 is 11.9 Å². The topological polar surface area (TPSA) is 52.6 Å². The fourth-order valence-corrected chi connectivity index (χ4v) is 4.11. The molecule has 26 heavy (non-hydrogen) atoms. The fourth-order valence-electron chi connectivity index (χ4n) is 4.11. The Kier molecular flexibility index (Phi) is 12.6. The lowest BCUT2D eigenvalue weighted by Crippen LogP contribution is -2.40. The van der Waals surface area contributed by atoms with E-state index in [1.165, 1.54) is 0 Å². The molecule has 0 aromatic rings. The zero-order valence-corrected chi connectivity index (χ0v) is 18.3. The molecule has 2 fully saturated rings. The van der Waals surface area contributed by atoms with Gasteiger partial charge in [-0.1, -0.05) is 68.2 Å². The third kappa shape index (κ3) is 7.28. The summed E-state index contributed by atoms with van der Waals surface area (Å²) in [6.07, 6.45) is 6.21. The summed E-state index contributed by atoms with van der Waals surface area (Å²) in [6.45, 7) is 16.4. The first-order valence-corrected chi connectivity index (χ1v) is 10.8. The Labute approximate surface area is 161 Å². The third-order valence-corrected chi connectivity index (χ3v) is 5.53. The first-order chi connectivity index (χ1) is 12.4. The van der Waals surface area contributed by atoms with Crippen molar-refractivity contribution in [2.75, 3.05) is 0 Å². The monoisotopic (exact) mass is 370 g/mol. The number of carbonyl (C=O) groups is 2. The van der Waals surface area contributed by atoms with Crippen molar-refractivity contribution in [3.8, 4) is 0 Å². The Balaban J connectivity index is 0.00000146. The molecule has 2 saturated carbocycles. The highest BCUT2D eigenvalue weighted by Gasteiger charge is 2.36. The van der Waals surface area contributed by atoms with Crippen LogP contribution < -0.4 is 0 Å². The van der Waals surface area contributed by atoms with E-state index >= 15 is 0 Å². The first-order valence-electron chi connectivity index (χ1n) is 10.8. The van der Waals surface area contributed by atoms with Crippen molar-refractivity contribution in [2.24, 2.45) is 23.7 Å². The van der Waals surface area contributed by atoms with Gasteiger partial charge >= 0.3 is 11.9 Å². The van der Waals surface area contributed by atoms with E-state index in [0.29, 0.717) is 23.7 Å². The molecule has 0 spiro atoms. The number of hydrogen-bond acceptors (Lipinski definition) is 4. The predicted molar refractivity (Wildman–Crippen MR) is 107 cm³/mol. The van der Waals surface area contributed by atoms with Crippen LogP contribution in [-0.2, 0) is 19.1 Å². The lowest BCUT2D eigenvalue weighted by molar-refractivity contribution is -0.182. The summed E-state index contributed by atoms with van der Waals surface area (Å²) >= 11 is 0. The maximum Gasteiger partial charge on any atom is 0.417 e. The van der Waals surface area contributed by atoms with Crippen molar-refractivity contribution in [3.63, 3.8) is 0 Å². The van der Waals surface area contributed by atoms with E-state index in [2.05, 4.69) is 27.7 Å². The maximum absolute atomic E-state index is 12.1. The molecule has 0 bridgehead atoms. The van der Waals surface area contributed by atoms with Crippen LogP contribution in [0.5, 0.6) is 0 Å². The normalized spacial score (nSPS) is 33.5. The van der Waals surface area contributed by atoms with Crippen LogP contribution in [-0.4, -0.2) is 24.1 Å². The van der Waals surface area contributed by atoms with E-state index in [1.54, 1.807) is 0 Å². The van der Waals surface area contributed by atoms with Gasteiger partial charge in [0.15, 0.2) is 0 Å². The van der Waals surface area contributed by atoms with Gasteiger partial charge in [0, 0.05) is 0 Å². The summed E-state index contributed by atoms with van der Waals surface area (Å²) in [5.41, 5.74) is 0. The predicted octanol–water partition coefficient (Wildman–Crippen LogP) is 5.77. The number of esters is 2. The Morgan fingerprint density at radius 1 is 0.577 bits per heavy atom. The van der Waals surface area contributed by atoms with Crippen LogP contribution in [0.1, 0.15) is 93.9 Å². The summed E-state index contributed by atoms with van der Waals surface area (Å²) in [7, 11) is 0. The van der Waals surface area contributed by atoms with Gasteiger partial charge in [-0.15, -0.1) is 0 Å².